The Labute approximate surface area is 158 Å². The SMILES string of the molecule is CC(CCCCCP(N)(=S)OCc1ccccc1)CCC1OC1(C)C. The van der Waals surface area contributed by atoms with Gasteiger partial charge in [0.25, 0.3) is 0 Å². The lowest BCUT2D eigenvalue weighted by Crippen LogP contribution is -2.06. The minimum atomic E-state index is -2.14. The molecule has 3 nitrogen and oxygen atoms in total. The molecule has 1 aromatic carbocycles. The Morgan fingerprint density at radius 2 is 1.88 bits per heavy atom. The van der Waals surface area contributed by atoms with Gasteiger partial charge in [-0.25, -0.2) is 0 Å². The lowest BCUT2D eigenvalue weighted by molar-refractivity contribution is 0.312. The number of ether oxygens (including phenoxy) is 1. The monoisotopic (exact) mass is 383 g/mol. The van der Waals surface area contributed by atoms with Gasteiger partial charge in [0, 0.05) is 6.16 Å². The van der Waals surface area contributed by atoms with Crippen LogP contribution in [0.25, 0.3) is 0 Å². The van der Waals surface area contributed by atoms with E-state index in [1.54, 1.807) is 0 Å². The van der Waals surface area contributed by atoms with E-state index < -0.39 is 6.42 Å². The second-order valence-electron chi connectivity index (χ2n) is 7.95. The molecular formula is C20H34NO2PS. The molecule has 1 aliphatic rings. The van der Waals surface area contributed by atoms with Crippen molar-refractivity contribution < 1.29 is 9.26 Å². The summed E-state index contributed by atoms with van der Waals surface area (Å²) in [4.78, 5) is 0. The Kier molecular flexibility index (Phi) is 8.10. The van der Waals surface area contributed by atoms with Crippen LogP contribution < -0.4 is 5.50 Å². The zero-order valence-electron chi connectivity index (χ0n) is 15.9. The number of hydrogen-bond acceptors (Lipinski definition) is 3. The molecule has 1 aliphatic heterocycles. The summed E-state index contributed by atoms with van der Waals surface area (Å²) in [7, 11) is 0. The van der Waals surface area contributed by atoms with Crippen molar-refractivity contribution in [2.24, 2.45) is 11.4 Å². The van der Waals surface area contributed by atoms with E-state index in [2.05, 4.69) is 20.8 Å². The van der Waals surface area contributed by atoms with Gasteiger partial charge in [0.2, 0.25) is 0 Å². The summed E-state index contributed by atoms with van der Waals surface area (Å²) in [6.07, 6.45) is 6.47. The molecule has 25 heavy (non-hydrogen) atoms. The molecule has 1 saturated heterocycles. The first kappa shape index (κ1) is 21.1. The van der Waals surface area contributed by atoms with Crippen molar-refractivity contribution in [1.82, 2.24) is 0 Å². The third kappa shape index (κ3) is 8.32. The van der Waals surface area contributed by atoms with Crippen molar-refractivity contribution in [3.8, 4) is 0 Å². The Bertz CT molecular complexity index is 564. The summed E-state index contributed by atoms with van der Waals surface area (Å²) in [5.41, 5.74) is 7.48. The quantitative estimate of drug-likeness (QED) is 0.289. The van der Waals surface area contributed by atoms with Crippen LogP contribution in [0.4, 0.5) is 0 Å². The van der Waals surface area contributed by atoms with Crippen molar-refractivity contribution in [2.75, 3.05) is 6.16 Å². The molecule has 1 heterocycles. The molecule has 0 amide bonds. The van der Waals surface area contributed by atoms with Gasteiger partial charge >= 0.3 is 0 Å². The fraction of sp³-hybridized carbons (Fsp3) is 0.700. The van der Waals surface area contributed by atoms with Crippen molar-refractivity contribution in [2.45, 2.75) is 77.6 Å². The third-order valence-corrected chi connectivity index (χ3v) is 7.41. The molecular weight excluding hydrogens is 349 g/mol. The zero-order valence-corrected chi connectivity index (χ0v) is 17.7. The van der Waals surface area contributed by atoms with Gasteiger partial charge in [-0.3, -0.25) is 5.50 Å². The van der Waals surface area contributed by atoms with Crippen LogP contribution in [0.2, 0.25) is 0 Å². The van der Waals surface area contributed by atoms with Crippen LogP contribution in [-0.2, 0) is 27.7 Å². The van der Waals surface area contributed by atoms with Gasteiger partial charge in [0.05, 0.1) is 18.3 Å². The fourth-order valence-corrected chi connectivity index (χ4v) is 4.85. The summed E-state index contributed by atoms with van der Waals surface area (Å²) in [5.74, 6) is 0.773. The van der Waals surface area contributed by atoms with E-state index in [9.17, 15) is 0 Å². The summed E-state index contributed by atoms with van der Waals surface area (Å²) in [6, 6.07) is 10.1. The van der Waals surface area contributed by atoms with E-state index in [1.165, 1.54) is 32.1 Å². The predicted molar refractivity (Wildman–Crippen MR) is 110 cm³/mol. The standard InChI is InChI=1S/C20H34NO2PS/c1-17(13-14-19-20(2,3)23-19)10-6-5-9-15-24(21,25)22-16-18-11-7-4-8-12-18/h4,7-8,11-12,17,19H,5-6,9-10,13-16H2,1-3H3,(H2,21,25). The molecule has 0 saturated carbocycles. The Hall–Kier alpha value is -0.250. The summed E-state index contributed by atoms with van der Waals surface area (Å²) in [5, 5.41) is 0. The lowest BCUT2D eigenvalue weighted by Gasteiger charge is -2.17. The molecule has 3 unspecified atom stereocenters. The second-order valence-corrected chi connectivity index (χ2v) is 12.0. The van der Waals surface area contributed by atoms with E-state index in [4.69, 9.17) is 26.6 Å². The highest BCUT2D eigenvalue weighted by Gasteiger charge is 2.46. The van der Waals surface area contributed by atoms with Gasteiger partial charge < -0.3 is 9.26 Å². The average molecular weight is 384 g/mol. The van der Waals surface area contributed by atoms with Crippen molar-refractivity contribution in [3.05, 3.63) is 35.9 Å². The molecule has 0 aromatic heterocycles. The molecule has 142 valence electrons. The summed E-state index contributed by atoms with van der Waals surface area (Å²) >= 11 is 5.50. The van der Waals surface area contributed by atoms with Gasteiger partial charge in [0.1, 0.15) is 6.42 Å². The van der Waals surface area contributed by atoms with E-state index in [-0.39, 0.29) is 5.60 Å². The number of rotatable bonds is 12. The molecule has 0 bridgehead atoms. The average Bonchev–Trinajstić information content (AvgIpc) is 3.19. The van der Waals surface area contributed by atoms with Crippen molar-refractivity contribution in [3.63, 3.8) is 0 Å². The van der Waals surface area contributed by atoms with E-state index in [0.717, 1.165) is 24.1 Å². The van der Waals surface area contributed by atoms with Crippen molar-refractivity contribution in [1.29, 1.82) is 0 Å². The van der Waals surface area contributed by atoms with E-state index in [1.807, 2.05) is 30.3 Å². The maximum absolute atomic E-state index is 6.21. The van der Waals surface area contributed by atoms with Gasteiger partial charge in [-0.15, -0.1) is 0 Å². The summed E-state index contributed by atoms with van der Waals surface area (Å²) < 4.78 is 11.5. The highest BCUT2D eigenvalue weighted by Crippen LogP contribution is 2.41. The molecule has 0 spiro atoms. The van der Waals surface area contributed by atoms with Gasteiger partial charge in [-0.05, 0) is 44.6 Å². The fourth-order valence-electron chi connectivity index (χ4n) is 3.14. The number of nitrogens with two attached hydrogens (primary N) is 1. The van der Waals surface area contributed by atoms with Crippen LogP contribution >= 0.6 is 6.42 Å². The smallest absolute Gasteiger partial charge is 0.127 e. The first-order chi connectivity index (χ1) is 11.8. The highest BCUT2D eigenvalue weighted by molar-refractivity contribution is 8.11. The normalized spacial score (nSPS) is 22.3. The zero-order chi connectivity index (χ0) is 18.3. The number of hydrogen-bond donors (Lipinski definition) is 1. The third-order valence-electron chi connectivity index (χ3n) is 5.05. The predicted octanol–water partition coefficient (Wildman–Crippen LogP) is 5.63. The molecule has 1 aromatic rings. The van der Waals surface area contributed by atoms with Crippen LogP contribution in [0.1, 0.15) is 64.9 Å². The van der Waals surface area contributed by atoms with Crippen LogP contribution in [0, 0.1) is 5.92 Å². The van der Waals surface area contributed by atoms with Crippen LogP contribution in [-0.4, -0.2) is 17.9 Å². The minimum Gasteiger partial charge on any atom is -0.367 e. The van der Waals surface area contributed by atoms with Gasteiger partial charge in [-0.1, -0.05) is 68.3 Å². The minimum absolute atomic E-state index is 0.136. The molecule has 0 aliphatic carbocycles. The van der Waals surface area contributed by atoms with Crippen LogP contribution in [0.3, 0.4) is 0 Å². The largest absolute Gasteiger partial charge is 0.367 e. The molecule has 2 N–H and O–H groups in total. The first-order valence-electron chi connectivity index (χ1n) is 9.52. The number of epoxide rings is 1. The van der Waals surface area contributed by atoms with Crippen molar-refractivity contribution >= 4 is 18.2 Å². The van der Waals surface area contributed by atoms with Gasteiger partial charge in [0.15, 0.2) is 0 Å². The molecule has 5 heteroatoms. The Morgan fingerprint density at radius 3 is 2.52 bits per heavy atom. The summed E-state index contributed by atoms with van der Waals surface area (Å²) in [6.45, 7) is 7.25. The highest BCUT2D eigenvalue weighted by atomic mass is 32.4. The Morgan fingerprint density at radius 1 is 1.20 bits per heavy atom. The first-order valence-corrected chi connectivity index (χ1v) is 12.5. The van der Waals surface area contributed by atoms with Gasteiger partial charge in [-0.2, -0.15) is 0 Å². The Balaban J connectivity index is 1.50. The molecule has 2 rings (SSSR count). The number of unbranched alkanes of at least 4 members (excludes halogenated alkanes) is 2. The second kappa shape index (κ2) is 9.62. The molecule has 1 fully saturated rings. The topological polar surface area (TPSA) is 47.8 Å². The molecule has 3 atom stereocenters. The maximum Gasteiger partial charge on any atom is 0.127 e. The van der Waals surface area contributed by atoms with Crippen LogP contribution in [0.5, 0.6) is 0 Å². The van der Waals surface area contributed by atoms with E-state index in [0.29, 0.717) is 12.7 Å². The number of benzene rings is 1. The van der Waals surface area contributed by atoms with Crippen LogP contribution in [0.15, 0.2) is 30.3 Å². The van der Waals surface area contributed by atoms with E-state index >= 15 is 0 Å². The lowest BCUT2D eigenvalue weighted by atomic mass is 9.95. The maximum atomic E-state index is 6.21. The molecule has 0 radical (unpaired) electrons.